The highest BCUT2D eigenvalue weighted by Crippen LogP contribution is 2.23. The van der Waals surface area contributed by atoms with Crippen molar-refractivity contribution >= 4 is 38.9 Å². The topological polar surface area (TPSA) is 24.1 Å². The molecule has 0 amide bonds. The first-order valence-corrected chi connectivity index (χ1v) is 5.82. The van der Waals surface area contributed by atoms with Crippen molar-refractivity contribution in [1.82, 2.24) is 5.32 Å². The van der Waals surface area contributed by atoms with E-state index >= 15 is 0 Å². The Morgan fingerprint density at radius 1 is 1.31 bits per heavy atom. The van der Waals surface area contributed by atoms with E-state index in [1.165, 1.54) is 0 Å². The molecule has 0 unspecified atom stereocenters. The SMILES string of the molecule is CC(C)NC(=S)Nc1cc(F)c(Br)cc1F. The molecule has 0 aliphatic rings. The Labute approximate surface area is 107 Å². The Morgan fingerprint density at radius 3 is 2.50 bits per heavy atom. The van der Waals surface area contributed by atoms with Crippen LogP contribution in [-0.4, -0.2) is 11.2 Å². The normalized spacial score (nSPS) is 10.4. The summed E-state index contributed by atoms with van der Waals surface area (Å²) in [6, 6.07) is 2.23. The fourth-order valence-corrected chi connectivity index (χ4v) is 1.70. The standard InChI is InChI=1S/C10H11BrF2N2S/c1-5(2)14-10(16)15-9-4-7(12)6(11)3-8(9)13/h3-5H,1-2H3,(H2,14,15,16). The maximum absolute atomic E-state index is 13.4. The lowest BCUT2D eigenvalue weighted by Crippen LogP contribution is -2.34. The zero-order valence-corrected chi connectivity index (χ0v) is 11.2. The van der Waals surface area contributed by atoms with Gasteiger partial charge in [0.2, 0.25) is 0 Å². The lowest BCUT2D eigenvalue weighted by Gasteiger charge is -2.13. The molecule has 0 saturated heterocycles. The molecule has 1 aromatic rings. The molecular weight excluding hydrogens is 298 g/mol. The van der Waals surface area contributed by atoms with E-state index in [0.29, 0.717) is 0 Å². The number of anilines is 1. The molecule has 0 saturated carbocycles. The second kappa shape index (κ2) is 5.54. The third kappa shape index (κ3) is 3.68. The number of nitrogens with one attached hydrogen (secondary N) is 2. The molecule has 0 heterocycles. The molecule has 0 aliphatic heterocycles. The van der Waals surface area contributed by atoms with Crippen molar-refractivity contribution in [2.75, 3.05) is 5.32 Å². The van der Waals surface area contributed by atoms with E-state index in [1.807, 2.05) is 13.8 Å². The molecule has 0 bridgehead atoms. The zero-order valence-electron chi connectivity index (χ0n) is 8.77. The van der Waals surface area contributed by atoms with Crippen molar-refractivity contribution in [3.8, 4) is 0 Å². The Hall–Kier alpha value is -0.750. The van der Waals surface area contributed by atoms with Crippen LogP contribution in [0.2, 0.25) is 0 Å². The average molecular weight is 309 g/mol. The molecule has 0 atom stereocenters. The van der Waals surface area contributed by atoms with Gasteiger partial charge in [-0.1, -0.05) is 0 Å². The van der Waals surface area contributed by atoms with Crippen LogP contribution in [0.5, 0.6) is 0 Å². The van der Waals surface area contributed by atoms with Gasteiger partial charge in [-0.05, 0) is 48.1 Å². The van der Waals surface area contributed by atoms with Gasteiger partial charge in [0.25, 0.3) is 0 Å². The fourth-order valence-electron chi connectivity index (χ4n) is 1.04. The van der Waals surface area contributed by atoms with Crippen molar-refractivity contribution < 1.29 is 8.78 Å². The lowest BCUT2D eigenvalue weighted by molar-refractivity contribution is 0.598. The van der Waals surface area contributed by atoms with Crippen LogP contribution >= 0.6 is 28.1 Å². The molecule has 1 rings (SSSR count). The maximum atomic E-state index is 13.4. The van der Waals surface area contributed by atoms with E-state index in [1.54, 1.807) is 0 Å². The van der Waals surface area contributed by atoms with Crippen LogP contribution in [0, 0.1) is 11.6 Å². The highest BCUT2D eigenvalue weighted by Gasteiger charge is 2.09. The summed E-state index contributed by atoms with van der Waals surface area (Å²) in [5.74, 6) is -1.11. The lowest BCUT2D eigenvalue weighted by atomic mass is 10.3. The molecular formula is C10H11BrF2N2S. The molecule has 1 aromatic carbocycles. The van der Waals surface area contributed by atoms with Gasteiger partial charge in [0.05, 0.1) is 10.2 Å². The maximum Gasteiger partial charge on any atom is 0.171 e. The summed E-state index contributed by atoms with van der Waals surface area (Å²) in [4.78, 5) is 0. The van der Waals surface area contributed by atoms with Gasteiger partial charge < -0.3 is 10.6 Å². The Bertz CT molecular complexity index is 410. The van der Waals surface area contributed by atoms with E-state index in [9.17, 15) is 8.78 Å². The summed E-state index contributed by atoms with van der Waals surface area (Å²) in [7, 11) is 0. The van der Waals surface area contributed by atoms with Gasteiger partial charge in [-0.2, -0.15) is 0 Å². The van der Waals surface area contributed by atoms with Crippen LogP contribution in [0.1, 0.15) is 13.8 Å². The molecule has 0 radical (unpaired) electrons. The third-order valence-electron chi connectivity index (χ3n) is 1.68. The van der Waals surface area contributed by atoms with Gasteiger partial charge in [-0.3, -0.25) is 0 Å². The Balaban J connectivity index is 2.81. The molecule has 2 nitrogen and oxygen atoms in total. The molecule has 0 aliphatic carbocycles. The largest absolute Gasteiger partial charge is 0.360 e. The number of benzene rings is 1. The van der Waals surface area contributed by atoms with Crippen LogP contribution in [0.3, 0.4) is 0 Å². The average Bonchev–Trinajstić information content (AvgIpc) is 2.12. The van der Waals surface area contributed by atoms with Gasteiger partial charge in [-0.15, -0.1) is 0 Å². The summed E-state index contributed by atoms with van der Waals surface area (Å²) in [6.07, 6.45) is 0. The van der Waals surface area contributed by atoms with Crippen molar-refractivity contribution in [2.24, 2.45) is 0 Å². The molecule has 0 spiro atoms. The highest BCUT2D eigenvalue weighted by molar-refractivity contribution is 9.10. The monoisotopic (exact) mass is 308 g/mol. The highest BCUT2D eigenvalue weighted by atomic mass is 79.9. The molecule has 6 heteroatoms. The van der Waals surface area contributed by atoms with Crippen LogP contribution in [-0.2, 0) is 0 Å². The number of rotatable bonds is 2. The molecule has 16 heavy (non-hydrogen) atoms. The number of hydrogen-bond acceptors (Lipinski definition) is 1. The van der Waals surface area contributed by atoms with E-state index in [2.05, 4.69) is 26.6 Å². The third-order valence-corrected chi connectivity index (χ3v) is 2.51. The summed E-state index contributed by atoms with van der Waals surface area (Å²) < 4.78 is 26.6. The van der Waals surface area contributed by atoms with Crippen LogP contribution in [0.4, 0.5) is 14.5 Å². The minimum absolute atomic E-state index is 0.0128. The first-order valence-electron chi connectivity index (χ1n) is 4.62. The fraction of sp³-hybridized carbons (Fsp3) is 0.300. The van der Waals surface area contributed by atoms with Gasteiger partial charge in [0, 0.05) is 12.1 Å². The van der Waals surface area contributed by atoms with Crippen LogP contribution in [0.15, 0.2) is 16.6 Å². The second-order valence-corrected chi connectivity index (χ2v) is 4.76. The number of halogens is 3. The molecule has 0 fully saturated rings. The van der Waals surface area contributed by atoms with Crippen LogP contribution in [0.25, 0.3) is 0 Å². The quantitative estimate of drug-likeness (QED) is 0.646. The van der Waals surface area contributed by atoms with E-state index in [-0.39, 0.29) is 21.3 Å². The van der Waals surface area contributed by atoms with E-state index < -0.39 is 11.6 Å². The minimum atomic E-state index is -0.568. The summed E-state index contributed by atoms with van der Waals surface area (Å²) in [5.41, 5.74) is 0.0128. The molecule has 0 aromatic heterocycles. The van der Waals surface area contributed by atoms with Gasteiger partial charge in [-0.25, -0.2) is 8.78 Å². The Morgan fingerprint density at radius 2 is 1.94 bits per heavy atom. The summed E-state index contributed by atoms with van der Waals surface area (Å²) >= 11 is 7.82. The van der Waals surface area contributed by atoms with Crippen LogP contribution < -0.4 is 10.6 Å². The number of hydrogen-bond donors (Lipinski definition) is 2. The summed E-state index contributed by atoms with van der Waals surface area (Å²) in [6.45, 7) is 3.79. The van der Waals surface area contributed by atoms with Gasteiger partial charge >= 0.3 is 0 Å². The van der Waals surface area contributed by atoms with E-state index in [0.717, 1.165) is 12.1 Å². The first kappa shape index (κ1) is 13.3. The molecule has 88 valence electrons. The van der Waals surface area contributed by atoms with Crippen molar-refractivity contribution in [3.63, 3.8) is 0 Å². The van der Waals surface area contributed by atoms with Crippen molar-refractivity contribution in [3.05, 3.63) is 28.2 Å². The predicted octanol–water partition coefficient (Wildman–Crippen LogP) is 3.42. The predicted molar refractivity (Wildman–Crippen MR) is 68.6 cm³/mol. The van der Waals surface area contributed by atoms with E-state index in [4.69, 9.17) is 12.2 Å². The minimum Gasteiger partial charge on any atom is -0.360 e. The second-order valence-electron chi connectivity index (χ2n) is 3.50. The smallest absolute Gasteiger partial charge is 0.171 e. The first-order chi connectivity index (χ1) is 7.40. The molecule has 2 N–H and O–H groups in total. The van der Waals surface area contributed by atoms with Gasteiger partial charge in [0.15, 0.2) is 5.11 Å². The van der Waals surface area contributed by atoms with Crippen molar-refractivity contribution in [2.45, 2.75) is 19.9 Å². The van der Waals surface area contributed by atoms with Crippen molar-refractivity contribution in [1.29, 1.82) is 0 Å². The zero-order chi connectivity index (χ0) is 12.3. The van der Waals surface area contributed by atoms with Gasteiger partial charge in [0.1, 0.15) is 11.6 Å². The summed E-state index contributed by atoms with van der Waals surface area (Å²) in [5, 5.41) is 5.73. The Kier molecular flexibility index (Phi) is 4.61. The number of thiocarbonyl (C=S) groups is 1.